The van der Waals surface area contributed by atoms with Crippen LogP contribution >= 0.6 is 0 Å². The summed E-state index contributed by atoms with van der Waals surface area (Å²) in [6.07, 6.45) is 1.14. The number of hydrogen-bond acceptors (Lipinski definition) is 5. The Morgan fingerprint density at radius 2 is 2.54 bits per heavy atom. The summed E-state index contributed by atoms with van der Waals surface area (Å²) in [4.78, 5) is 4.19. The van der Waals surface area contributed by atoms with Crippen molar-refractivity contribution in [3.05, 3.63) is 11.7 Å². The highest BCUT2D eigenvalue weighted by Crippen LogP contribution is 2.21. The third-order valence-corrected chi connectivity index (χ3v) is 2.21. The normalized spacial score (nSPS) is 28.2. The molecule has 5 heteroatoms. The first-order valence-corrected chi connectivity index (χ1v) is 4.53. The molecule has 0 unspecified atom stereocenters. The molecule has 1 aliphatic rings. The molecule has 0 aliphatic carbocycles. The maximum absolute atomic E-state index is 9.27. The van der Waals surface area contributed by atoms with E-state index >= 15 is 0 Å². The zero-order valence-electron chi connectivity index (χ0n) is 7.53. The first-order chi connectivity index (χ1) is 6.29. The topological polar surface area (TPSA) is 71.2 Å². The number of aliphatic hydroxyl groups is 1. The van der Waals surface area contributed by atoms with Gasteiger partial charge in [-0.05, 0) is 6.42 Å². The van der Waals surface area contributed by atoms with Crippen molar-refractivity contribution in [2.45, 2.75) is 31.9 Å². The van der Waals surface area contributed by atoms with Crippen molar-refractivity contribution >= 4 is 0 Å². The molecule has 2 rings (SSSR count). The van der Waals surface area contributed by atoms with E-state index in [1.54, 1.807) is 0 Å². The fourth-order valence-corrected chi connectivity index (χ4v) is 1.46. The minimum Gasteiger partial charge on any atom is -0.392 e. The van der Waals surface area contributed by atoms with Crippen LogP contribution in [0.25, 0.3) is 0 Å². The standard InChI is InChI=1S/C8H13N3O2/c1-2-7-10-8(13-11-7)6-3-5(12)4-9-6/h5-6,9,12H,2-4H2,1H3/t5-,6+/m1/s1. The second-order valence-corrected chi connectivity index (χ2v) is 3.25. The lowest BCUT2D eigenvalue weighted by atomic mass is 10.2. The SMILES string of the molecule is CCc1noc([C@@H]2C[C@@H](O)CN2)n1. The van der Waals surface area contributed by atoms with Crippen LogP contribution in [0.2, 0.25) is 0 Å². The zero-order chi connectivity index (χ0) is 9.26. The lowest BCUT2D eigenvalue weighted by molar-refractivity contribution is 0.191. The molecular weight excluding hydrogens is 170 g/mol. The van der Waals surface area contributed by atoms with E-state index in [2.05, 4.69) is 15.5 Å². The van der Waals surface area contributed by atoms with Gasteiger partial charge in [0.1, 0.15) is 0 Å². The van der Waals surface area contributed by atoms with Crippen LogP contribution in [0.3, 0.4) is 0 Å². The van der Waals surface area contributed by atoms with Crippen molar-refractivity contribution in [2.24, 2.45) is 0 Å². The van der Waals surface area contributed by atoms with Gasteiger partial charge in [0.15, 0.2) is 5.82 Å². The molecule has 0 aromatic carbocycles. The zero-order valence-corrected chi connectivity index (χ0v) is 7.53. The lowest BCUT2D eigenvalue weighted by Gasteiger charge is -2.01. The van der Waals surface area contributed by atoms with Gasteiger partial charge in [0.25, 0.3) is 0 Å². The second-order valence-electron chi connectivity index (χ2n) is 3.25. The number of aromatic nitrogens is 2. The van der Waals surface area contributed by atoms with E-state index in [0.29, 0.717) is 18.9 Å². The Bertz CT molecular complexity index is 287. The second kappa shape index (κ2) is 3.43. The molecule has 2 N–H and O–H groups in total. The summed E-state index contributed by atoms with van der Waals surface area (Å²) in [6.45, 7) is 2.58. The largest absolute Gasteiger partial charge is 0.392 e. The third kappa shape index (κ3) is 1.71. The molecule has 1 aromatic heterocycles. The Hall–Kier alpha value is -0.940. The molecule has 2 heterocycles. The van der Waals surface area contributed by atoms with Crippen molar-refractivity contribution in [3.63, 3.8) is 0 Å². The first-order valence-electron chi connectivity index (χ1n) is 4.53. The molecule has 13 heavy (non-hydrogen) atoms. The molecule has 1 fully saturated rings. The average molecular weight is 183 g/mol. The van der Waals surface area contributed by atoms with Crippen molar-refractivity contribution < 1.29 is 9.63 Å². The molecule has 2 atom stereocenters. The molecule has 1 aliphatic heterocycles. The minimum absolute atomic E-state index is 0.0304. The van der Waals surface area contributed by atoms with Crippen molar-refractivity contribution in [2.75, 3.05) is 6.54 Å². The van der Waals surface area contributed by atoms with Gasteiger partial charge in [0, 0.05) is 13.0 Å². The third-order valence-electron chi connectivity index (χ3n) is 2.21. The van der Waals surface area contributed by atoms with Crippen molar-refractivity contribution in [1.29, 1.82) is 0 Å². The highest BCUT2D eigenvalue weighted by molar-refractivity contribution is 4.97. The molecule has 5 nitrogen and oxygen atoms in total. The van der Waals surface area contributed by atoms with E-state index in [0.717, 1.165) is 12.2 Å². The monoisotopic (exact) mass is 183 g/mol. The van der Waals surface area contributed by atoms with Gasteiger partial charge in [-0.2, -0.15) is 4.98 Å². The van der Waals surface area contributed by atoms with Gasteiger partial charge in [-0.25, -0.2) is 0 Å². The Morgan fingerprint density at radius 3 is 3.08 bits per heavy atom. The van der Waals surface area contributed by atoms with Crippen LogP contribution in [0.1, 0.15) is 31.1 Å². The number of rotatable bonds is 2. The van der Waals surface area contributed by atoms with E-state index < -0.39 is 0 Å². The Labute approximate surface area is 76.1 Å². The number of β-amino-alcohol motifs (C(OH)–C–C–N with tert-alkyl or cyclic N) is 1. The Balaban J connectivity index is 2.08. The number of nitrogens with one attached hydrogen (secondary N) is 1. The van der Waals surface area contributed by atoms with Gasteiger partial charge < -0.3 is 14.9 Å². The van der Waals surface area contributed by atoms with Crippen molar-refractivity contribution in [1.82, 2.24) is 15.5 Å². The molecule has 1 saturated heterocycles. The minimum atomic E-state index is -0.290. The van der Waals surface area contributed by atoms with Gasteiger partial charge in [-0.1, -0.05) is 12.1 Å². The highest BCUT2D eigenvalue weighted by atomic mass is 16.5. The van der Waals surface area contributed by atoms with Crippen LogP contribution in [-0.4, -0.2) is 27.9 Å². The van der Waals surface area contributed by atoms with Gasteiger partial charge >= 0.3 is 0 Å². The maximum Gasteiger partial charge on any atom is 0.243 e. The molecular formula is C8H13N3O2. The molecule has 72 valence electrons. The highest BCUT2D eigenvalue weighted by Gasteiger charge is 2.27. The van der Waals surface area contributed by atoms with Crippen LogP contribution in [0.4, 0.5) is 0 Å². The number of nitrogens with zero attached hydrogens (tertiary/aromatic N) is 2. The lowest BCUT2D eigenvalue weighted by Crippen LogP contribution is -2.15. The van der Waals surface area contributed by atoms with E-state index in [1.165, 1.54) is 0 Å². The summed E-state index contributed by atoms with van der Waals surface area (Å²) < 4.78 is 5.05. The van der Waals surface area contributed by atoms with Gasteiger partial charge in [0.05, 0.1) is 12.1 Å². The smallest absolute Gasteiger partial charge is 0.243 e. The van der Waals surface area contributed by atoms with E-state index in [-0.39, 0.29) is 12.1 Å². The number of aryl methyl sites for hydroxylation is 1. The molecule has 0 amide bonds. The number of aliphatic hydroxyl groups excluding tert-OH is 1. The first kappa shape index (κ1) is 8.65. The summed E-state index contributed by atoms with van der Waals surface area (Å²) in [7, 11) is 0. The molecule has 0 radical (unpaired) electrons. The fourth-order valence-electron chi connectivity index (χ4n) is 1.46. The molecule has 0 spiro atoms. The molecule has 0 bridgehead atoms. The van der Waals surface area contributed by atoms with Crippen molar-refractivity contribution in [3.8, 4) is 0 Å². The van der Waals surface area contributed by atoms with Gasteiger partial charge in [-0.15, -0.1) is 0 Å². The van der Waals surface area contributed by atoms with E-state index in [9.17, 15) is 5.11 Å². The van der Waals surface area contributed by atoms with Crippen LogP contribution in [0, 0.1) is 0 Å². The number of hydrogen-bond donors (Lipinski definition) is 2. The van der Waals surface area contributed by atoms with Crippen LogP contribution in [0.15, 0.2) is 4.52 Å². The molecule has 1 aromatic rings. The summed E-state index contributed by atoms with van der Waals surface area (Å²) >= 11 is 0. The van der Waals surface area contributed by atoms with E-state index in [4.69, 9.17) is 4.52 Å². The summed E-state index contributed by atoms with van der Waals surface area (Å²) in [5.41, 5.74) is 0. The summed E-state index contributed by atoms with van der Waals surface area (Å²) in [5.74, 6) is 1.31. The van der Waals surface area contributed by atoms with Crippen LogP contribution in [0.5, 0.6) is 0 Å². The Morgan fingerprint density at radius 1 is 1.69 bits per heavy atom. The quantitative estimate of drug-likeness (QED) is 0.676. The fraction of sp³-hybridized carbons (Fsp3) is 0.750. The summed E-state index contributed by atoms with van der Waals surface area (Å²) in [5, 5.41) is 16.2. The van der Waals surface area contributed by atoms with Gasteiger partial charge in [-0.3, -0.25) is 0 Å². The van der Waals surface area contributed by atoms with Gasteiger partial charge in [0.2, 0.25) is 5.89 Å². The van der Waals surface area contributed by atoms with E-state index in [1.807, 2.05) is 6.92 Å². The molecule has 0 saturated carbocycles. The average Bonchev–Trinajstić information content (AvgIpc) is 2.71. The Kier molecular flexibility index (Phi) is 2.28. The van der Waals surface area contributed by atoms with Crippen LogP contribution in [-0.2, 0) is 6.42 Å². The predicted octanol–water partition coefficient (Wildman–Crippen LogP) is 0.0273. The predicted molar refractivity (Wildman–Crippen MR) is 45.0 cm³/mol. The van der Waals surface area contributed by atoms with Crippen LogP contribution < -0.4 is 5.32 Å². The summed E-state index contributed by atoms with van der Waals surface area (Å²) in [6, 6.07) is 0.0304. The maximum atomic E-state index is 9.27.